The van der Waals surface area contributed by atoms with Gasteiger partial charge >= 0.3 is 0 Å². The molecule has 0 spiro atoms. The van der Waals surface area contributed by atoms with Gasteiger partial charge in [0.1, 0.15) is 12.0 Å². The molecule has 0 bridgehead atoms. The van der Waals surface area contributed by atoms with E-state index in [-0.39, 0.29) is 0 Å². The predicted molar refractivity (Wildman–Crippen MR) is 52.0 cm³/mol. The van der Waals surface area contributed by atoms with Gasteiger partial charge in [0.15, 0.2) is 0 Å². The zero-order valence-electron chi connectivity index (χ0n) is 7.62. The van der Waals surface area contributed by atoms with Gasteiger partial charge < -0.3 is 9.15 Å². The van der Waals surface area contributed by atoms with Crippen molar-refractivity contribution in [2.75, 3.05) is 6.61 Å². The molecule has 1 heterocycles. The summed E-state index contributed by atoms with van der Waals surface area (Å²) in [7, 11) is 0. The lowest BCUT2D eigenvalue weighted by Crippen LogP contribution is -1.94. The number of furan rings is 1. The van der Waals surface area contributed by atoms with Crippen molar-refractivity contribution in [3.63, 3.8) is 0 Å². The number of hydrogen-bond acceptors (Lipinski definition) is 2. The predicted octanol–water partition coefficient (Wildman–Crippen LogP) is 3.22. The van der Waals surface area contributed by atoms with Gasteiger partial charge in [0.25, 0.3) is 0 Å². The molecule has 0 N–H and O–H groups in total. The van der Waals surface area contributed by atoms with E-state index in [2.05, 4.69) is 6.92 Å². The van der Waals surface area contributed by atoms with Crippen LogP contribution < -0.4 is 4.74 Å². The summed E-state index contributed by atoms with van der Waals surface area (Å²) in [5.74, 6) is 0.910. The lowest BCUT2D eigenvalue weighted by atomic mass is 10.2. The largest absolute Gasteiger partial charge is 0.493 e. The lowest BCUT2D eigenvalue weighted by Gasteiger charge is -2.04. The van der Waals surface area contributed by atoms with Crippen LogP contribution in [0.5, 0.6) is 5.75 Å². The average Bonchev–Trinajstić information content (AvgIpc) is 2.62. The minimum atomic E-state index is 0.754. The number of fused-ring (bicyclic) bond motifs is 1. The molecule has 2 nitrogen and oxygen atoms in total. The van der Waals surface area contributed by atoms with Gasteiger partial charge in [0.05, 0.1) is 18.3 Å². The van der Waals surface area contributed by atoms with Crippen molar-refractivity contribution in [3.8, 4) is 5.75 Å². The monoisotopic (exact) mass is 176 g/mol. The molecule has 2 rings (SSSR count). The van der Waals surface area contributed by atoms with Crippen molar-refractivity contribution in [1.29, 1.82) is 0 Å². The molecule has 0 fully saturated rings. The summed E-state index contributed by atoms with van der Waals surface area (Å²) in [5.41, 5.74) is 0. The van der Waals surface area contributed by atoms with E-state index in [0.717, 1.165) is 29.5 Å². The third kappa shape index (κ3) is 1.52. The summed E-state index contributed by atoms with van der Waals surface area (Å²) >= 11 is 0. The SMILES string of the molecule is CCCOc1cccc2cocc12. The zero-order chi connectivity index (χ0) is 9.10. The maximum absolute atomic E-state index is 5.57. The Morgan fingerprint density at radius 2 is 2.23 bits per heavy atom. The van der Waals surface area contributed by atoms with E-state index in [1.165, 1.54) is 0 Å². The maximum Gasteiger partial charge on any atom is 0.130 e. The Bertz CT molecular complexity index is 390. The Morgan fingerprint density at radius 1 is 1.31 bits per heavy atom. The Kier molecular flexibility index (Phi) is 2.21. The summed E-state index contributed by atoms with van der Waals surface area (Å²) in [5, 5.41) is 2.14. The fourth-order valence-corrected chi connectivity index (χ4v) is 1.30. The van der Waals surface area contributed by atoms with Crippen LogP contribution in [0.1, 0.15) is 13.3 Å². The molecule has 0 aliphatic carbocycles. The molecule has 0 saturated heterocycles. The Balaban J connectivity index is 2.37. The zero-order valence-corrected chi connectivity index (χ0v) is 7.62. The summed E-state index contributed by atoms with van der Waals surface area (Å²) in [6.07, 6.45) is 4.47. The highest BCUT2D eigenvalue weighted by molar-refractivity contribution is 5.86. The van der Waals surface area contributed by atoms with Crippen LogP contribution in [0.2, 0.25) is 0 Å². The second-order valence-corrected chi connectivity index (χ2v) is 2.98. The first kappa shape index (κ1) is 8.17. The minimum absolute atomic E-state index is 0.754. The van der Waals surface area contributed by atoms with Gasteiger partial charge in [-0.1, -0.05) is 19.1 Å². The van der Waals surface area contributed by atoms with Gasteiger partial charge in [-0.3, -0.25) is 0 Å². The quantitative estimate of drug-likeness (QED) is 0.716. The summed E-state index contributed by atoms with van der Waals surface area (Å²) in [6.45, 7) is 2.85. The van der Waals surface area contributed by atoms with Crippen LogP contribution in [-0.4, -0.2) is 6.61 Å². The highest BCUT2D eigenvalue weighted by Crippen LogP contribution is 2.26. The van der Waals surface area contributed by atoms with Crippen molar-refractivity contribution in [2.24, 2.45) is 0 Å². The number of hydrogen-bond donors (Lipinski definition) is 0. The first-order valence-corrected chi connectivity index (χ1v) is 4.49. The third-order valence-electron chi connectivity index (χ3n) is 1.94. The molecular weight excluding hydrogens is 164 g/mol. The van der Waals surface area contributed by atoms with Crippen LogP contribution in [0.3, 0.4) is 0 Å². The van der Waals surface area contributed by atoms with Crippen LogP contribution in [-0.2, 0) is 0 Å². The summed E-state index contributed by atoms with van der Waals surface area (Å²) in [4.78, 5) is 0. The normalized spacial score (nSPS) is 10.5. The van der Waals surface area contributed by atoms with Crippen LogP contribution in [0, 0.1) is 0 Å². The molecule has 0 aliphatic heterocycles. The molecule has 0 atom stereocenters. The van der Waals surface area contributed by atoms with Crippen LogP contribution in [0.15, 0.2) is 35.1 Å². The molecule has 0 amide bonds. The topological polar surface area (TPSA) is 22.4 Å². The van der Waals surface area contributed by atoms with Crippen LogP contribution in [0.4, 0.5) is 0 Å². The maximum atomic E-state index is 5.57. The fourth-order valence-electron chi connectivity index (χ4n) is 1.30. The van der Waals surface area contributed by atoms with E-state index in [9.17, 15) is 0 Å². The molecule has 0 radical (unpaired) electrons. The Hall–Kier alpha value is -1.44. The van der Waals surface area contributed by atoms with Gasteiger partial charge in [-0.05, 0) is 12.5 Å². The number of rotatable bonds is 3. The fraction of sp³-hybridized carbons (Fsp3) is 0.273. The molecule has 68 valence electrons. The average molecular weight is 176 g/mol. The molecule has 0 saturated carbocycles. The van der Waals surface area contributed by atoms with Gasteiger partial charge in [-0.15, -0.1) is 0 Å². The molecular formula is C11H12O2. The Morgan fingerprint density at radius 3 is 3.08 bits per heavy atom. The van der Waals surface area contributed by atoms with Gasteiger partial charge in [0.2, 0.25) is 0 Å². The first-order chi connectivity index (χ1) is 6.42. The first-order valence-electron chi connectivity index (χ1n) is 4.49. The van der Waals surface area contributed by atoms with E-state index in [1.54, 1.807) is 12.5 Å². The van der Waals surface area contributed by atoms with Crippen LogP contribution >= 0.6 is 0 Å². The van der Waals surface area contributed by atoms with E-state index < -0.39 is 0 Å². The number of benzene rings is 1. The number of ether oxygens (including phenoxy) is 1. The Labute approximate surface area is 77.1 Å². The third-order valence-corrected chi connectivity index (χ3v) is 1.94. The molecule has 0 aliphatic rings. The van der Waals surface area contributed by atoms with Gasteiger partial charge in [-0.25, -0.2) is 0 Å². The van der Waals surface area contributed by atoms with Crippen LogP contribution in [0.25, 0.3) is 10.8 Å². The molecule has 2 aromatic rings. The van der Waals surface area contributed by atoms with Gasteiger partial charge in [-0.2, -0.15) is 0 Å². The molecule has 1 aromatic heterocycles. The standard InChI is InChI=1S/C11H12O2/c1-2-6-13-11-5-3-4-9-7-12-8-10(9)11/h3-5,7-8H,2,6H2,1H3. The van der Waals surface area contributed by atoms with Crippen molar-refractivity contribution in [1.82, 2.24) is 0 Å². The second-order valence-electron chi connectivity index (χ2n) is 2.98. The summed E-state index contributed by atoms with van der Waals surface area (Å²) < 4.78 is 10.7. The minimum Gasteiger partial charge on any atom is -0.493 e. The van der Waals surface area contributed by atoms with Crippen molar-refractivity contribution in [2.45, 2.75) is 13.3 Å². The second kappa shape index (κ2) is 3.52. The highest BCUT2D eigenvalue weighted by Gasteiger charge is 2.02. The van der Waals surface area contributed by atoms with E-state index >= 15 is 0 Å². The van der Waals surface area contributed by atoms with Crippen molar-refractivity contribution < 1.29 is 9.15 Å². The molecule has 2 heteroatoms. The van der Waals surface area contributed by atoms with Crippen molar-refractivity contribution in [3.05, 3.63) is 30.7 Å². The van der Waals surface area contributed by atoms with Crippen molar-refractivity contribution >= 4 is 10.8 Å². The summed E-state index contributed by atoms with van der Waals surface area (Å²) in [6, 6.07) is 5.95. The van der Waals surface area contributed by atoms with E-state index in [1.807, 2.05) is 18.2 Å². The van der Waals surface area contributed by atoms with Gasteiger partial charge in [0, 0.05) is 5.39 Å². The molecule has 13 heavy (non-hydrogen) atoms. The lowest BCUT2D eigenvalue weighted by molar-refractivity contribution is 0.321. The van der Waals surface area contributed by atoms with E-state index in [0.29, 0.717) is 0 Å². The molecule has 0 unspecified atom stereocenters. The smallest absolute Gasteiger partial charge is 0.130 e. The molecule has 1 aromatic carbocycles. The highest BCUT2D eigenvalue weighted by atomic mass is 16.5. The van der Waals surface area contributed by atoms with E-state index in [4.69, 9.17) is 9.15 Å².